The summed E-state index contributed by atoms with van der Waals surface area (Å²) in [6.07, 6.45) is 0.589. The van der Waals surface area contributed by atoms with Crippen LogP contribution in [-0.4, -0.2) is 24.3 Å². The summed E-state index contributed by atoms with van der Waals surface area (Å²) in [4.78, 5) is 11.6. The van der Waals surface area contributed by atoms with Crippen LogP contribution in [-0.2, 0) is 0 Å². The zero-order chi connectivity index (χ0) is 14.5. The quantitative estimate of drug-likeness (QED) is 0.769. The minimum Gasteiger partial charge on any atom is -0.396 e. The molecule has 1 aromatic rings. The summed E-state index contributed by atoms with van der Waals surface area (Å²) in [6, 6.07) is 4.18. The maximum Gasteiger partial charge on any atom is 0.319 e. The van der Waals surface area contributed by atoms with E-state index in [2.05, 4.69) is 10.6 Å². The van der Waals surface area contributed by atoms with Crippen LogP contribution < -0.4 is 10.6 Å². The van der Waals surface area contributed by atoms with Crippen molar-refractivity contribution in [2.24, 2.45) is 5.41 Å². The lowest BCUT2D eigenvalue weighted by atomic mass is 9.90. The fourth-order valence-corrected chi connectivity index (χ4v) is 1.60. The fraction of sp³-hybridized carbons (Fsp3) is 0.500. The molecule has 0 fully saturated rings. The largest absolute Gasteiger partial charge is 0.396 e. The number of hydrogen-bond acceptors (Lipinski definition) is 2. The van der Waals surface area contributed by atoms with Crippen molar-refractivity contribution < 1.29 is 14.3 Å². The summed E-state index contributed by atoms with van der Waals surface area (Å²) in [5, 5.41) is 14.0. The molecule has 3 N–H and O–H groups in total. The minimum absolute atomic E-state index is 0.0723. The highest BCUT2D eigenvalue weighted by Crippen LogP contribution is 2.18. The number of amides is 2. The number of urea groups is 1. The van der Waals surface area contributed by atoms with E-state index in [1.165, 1.54) is 12.1 Å². The maximum absolute atomic E-state index is 13.5. The van der Waals surface area contributed by atoms with Gasteiger partial charge < -0.3 is 15.7 Å². The number of hydrogen-bond donors (Lipinski definition) is 3. The first-order chi connectivity index (χ1) is 8.84. The molecule has 5 heteroatoms. The van der Waals surface area contributed by atoms with Crippen LogP contribution in [0, 0.1) is 18.2 Å². The summed E-state index contributed by atoms with van der Waals surface area (Å²) in [7, 11) is 0. The molecule has 0 aromatic heterocycles. The monoisotopic (exact) mass is 268 g/mol. The lowest BCUT2D eigenvalue weighted by molar-refractivity contribution is 0.204. The molecule has 0 saturated carbocycles. The summed E-state index contributed by atoms with van der Waals surface area (Å²) >= 11 is 0. The van der Waals surface area contributed by atoms with Crippen LogP contribution in [0.5, 0.6) is 0 Å². The number of carbonyl (C=O) groups excluding carboxylic acids is 1. The van der Waals surface area contributed by atoms with E-state index in [9.17, 15) is 9.18 Å². The van der Waals surface area contributed by atoms with Gasteiger partial charge in [-0.05, 0) is 36.5 Å². The predicted octanol–water partition coefficient (Wildman–Crippen LogP) is 2.66. The van der Waals surface area contributed by atoms with Crippen molar-refractivity contribution in [3.8, 4) is 0 Å². The summed E-state index contributed by atoms with van der Waals surface area (Å²) in [5.74, 6) is -0.454. The number of halogens is 1. The molecule has 0 aliphatic heterocycles. The number of anilines is 1. The Kier molecular flexibility index (Phi) is 5.30. The van der Waals surface area contributed by atoms with Crippen LogP contribution in [0.25, 0.3) is 0 Å². The second-order valence-corrected chi connectivity index (χ2v) is 5.43. The number of benzene rings is 1. The fourth-order valence-electron chi connectivity index (χ4n) is 1.60. The second-order valence-electron chi connectivity index (χ2n) is 5.43. The molecule has 2 amide bonds. The van der Waals surface area contributed by atoms with E-state index in [0.29, 0.717) is 13.0 Å². The lowest BCUT2D eigenvalue weighted by Crippen LogP contribution is -2.37. The zero-order valence-corrected chi connectivity index (χ0v) is 11.6. The van der Waals surface area contributed by atoms with E-state index in [0.717, 1.165) is 5.56 Å². The molecule has 1 rings (SSSR count). The van der Waals surface area contributed by atoms with Crippen LogP contribution in [0.2, 0.25) is 0 Å². The third-order valence-corrected chi connectivity index (χ3v) is 2.89. The number of carbonyl (C=O) groups is 1. The Morgan fingerprint density at radius 1 is 1.42 bits per heavy atom. The molecular formula is C14H21FN2O2. The molecule has 4 nitrogen and oxygen atoms in total. The second kappa shape index (κ2) is 6.52. The van der Waals surface area contributed by atoms with Gasteiger partial charge in [-0.15, -0.1) is 0 Å². The summed E-state index contributed by atoms with van der Waals surface area (Å²) in [5.41, 5.74) is 0.758. The first kappa shape index (κ1) is 15.4. The standard InChI is InChI=1S/C14H21FN2O2/c1-10-4-5-12(11(15)8-10)17-13(19)16-9-14(2,3)6-7-18/h4-5,8,18H,6-7,9H2,1-3H3,(H2,16,17,19). The number of rotatable bonds is 5. The number of aliphatic hydroxyl groups is 1. The highest BCUT2D eigenvalue weighted by molar-refractivity contribution is 5.89. The highest BCUT2D eigenvalue weighted by Gasteiger charge is 2.18. The lowest BCUT2D eigenvalue weighted by Gasteiger charge is -2.23. The molecule has 0 aliphatic rings. The molecule has 0 bridgehead atoms. The Morgan fingerprint density at radius 3 is 2.68 bits per heavy atom. The van der Waals surface area contributed by atoms with Crippen LogP contribution in [0.15, 0.2) is 18.2 Å². The average Bonchev–Trinajstić information content (AvgIpc) is 2.30. The number of aryl methyl sites for hydroxylation is 1. The zero-order valence-electron chi connectivity index (χ0n) is 11.6. The van der Waals surface area contributed by atoms with Crippen LogP contribution >= 0.6 is 0 Å². The smallest absolute Gasteiger partial charge is 0.319 e. The Hall–Kier alpha value is -1.62. The van der Waals surface area contributed by atoms with E-state index in [1.54, 1.807) is 13.0 Å². The van der Waals surface area contributed by atoms with Gasteiger partial charge in [0.25, 0.3) is 0 Å². The van der Waals surface area contributed by atoms with Gasteiger partial charge in [0.2, 0.25) is 0 Å². The van der Waals surface area contributed by atoms with Crippen molar-refractivity contribution in [1.82, 2.24) is 5.32 Å². The molecule has 0 unspecified atom stereocenters. The Bertz CT molecular complexity index is 447. The van der Waals surface area contributed by atoms with Gasteiger partial charge in [0.1, 0.15) is 5.82 Å². The molecule has 106 valence electrons. The molecular weight excluding hydrogens is 247 g/mol. The Balaban J connectivity index is 2.52. The Labute approximate surface area is 113 Å². The van der Waals surface area contributed by atoms with Crippen LogP contribution in [0.1, 0.15) is 25.8 Å². The van der Waals surface area contributed by atoms with Crippen molar-refractivity contribution in [3.63, 3.8) is 0 Å². The van der Waals surface area contributed by atoms with E-state index in [4.69, 9.17) is 5.11 Å². The molecule has 19 heavy (non-hydrogen) atoms. The maximum atomic E-state index is 13.5. The van der Waals surface area contributed by atoms with Gasteiger partial charge in [-0.1, -0.05) is 19.9 Å². The van der Waals surface area contributed by atoms with Crippen molar-refractivity contribution in [2.45, 2.75) is 27.2 Å². The van der Waals surface area contributed by atoms with Crippen molar-refractivity contribution in [3.05, 3.63) is 29.6 Å². The molecule has 0 spiro atoms. The van der Waals surface area contributed by atoms with Crippen molar-refractivity contribution in [2.75, 3.05) is 18.5 Å². The van der Waals surface area contributed by atoms with E-state index < -0.39 is 11.8 Å². The van der Waals surface area contributed by atoms with Crippen LogP contribution in [0.4, 0.5) is 14.9 Å². The number of nitrogens with one attached hydrogen (secondary N) is 2. The summed E-state index contributed by atoms with van der Waals surface area (Å²) < 4.78 is 13.5. The summed E-state index contributed by atoms with van der Waals surface area (Å²) in [6.45, 7) is 6.14. The first-order valence-electron chi connectivity index (χ1n) is 6.26. The van der Waals surface area contributed by atoms with Crippen molar-refractivity contribution in [1.29, 1.82) is 0 Å². The molecule has 0 saturated heterocycles. The molecule has 0 heterocycles. The van der Waals surface area contributed by atoms with E-state index in [1.807, 2.05) is 13.8 Å². The van der Waals surface area contributed by atoms with Gasteiger partial charge in [-0.25, -0.2) is 9.18 Å². The number of aliphatic hydroxyl groups excluding tert-OH is 1. The molecule has 0 atom stereocenters. The Morgan fingerprint density at radius 2 is 2.11 bits per heavy atom. The van der Waals surface area contributed by atoms with Crippen molar-refractivity contribution >= 4 is 11.7 Å². The molecule has 1 aromatic carbocycles. The van der Waals surface area contributed by atoms with Gasteiger partial charge in [0.15, 0.2) is 0 Å². The highest BCUT2D eigenvalue weighted by atomic mass is 19.1. The topological polar surface area (TPSA) is 61.4 Å². The van der Waals surface area contributed by atoms with Gasteiger partial charge >= 0.3 is 6.03 Å². The van der Waals surface area contributed by atoms with E-state index >= 15 is 0 Å². The van der Waals surface area contributed by atoms with Gasteiger partial charge in [-0.3, -0.25) is 0 Å². The van der Waals surface area contributed by atoms with Gasteiger partial charge in [0, 0.05) is 13.2 Å². The third kappa shape index (κ3) is 5.26. The predicted molar refractivity (Wildman–Crippen MR) is 73.6 cm³/mol. The normalized spacial score (nSPS) is 11.2. The molecule has 0 radical (unpaired) electrons. The average molecular weight is 268 g/mol. The minimum atomic E-state index is -0.454. The molecule has 0 aliphatic carbocycles. The first-order valence-corrected chi connectivity index (χ1v) is 6.26. The van der Waals surface area contributed by atoms with Crippen LogP contribution in [0.3, 0.4) is 0 Å². The SMILES string of the molecule is Cc1ccc(NC(=O)NCC(C)(C)CCO)c(F)c1. The van der Waals surface area contributed by atoms with E-state index in [-0.39, 0.29) is 17.7 Å². The third-order valence-electron chi connectivity index (χ3n) is 2.89. The van der Waals surface area contributed by atoms with Gasteiger partial charge in [-0.2, -0.15) is 0 Å². The van der Waals surface area contributed by atoms with Gasteiger partial charge in [0.05, 0.1) is 5.69 Å².